The van der Waals surface area contributed by atoms with Crippen LogP contribution in [0.2, 0.25) is 5.02 Å². The smallest absolute Gasteiger partial charge is 0.269 e. The van der Waals surface area contributed by atoms with E-state index in [1.807, 2.05) is 24.3 Å². The second-order valence-electron chi connectivity index (χ2n) is 6.43. The maximum atomic E-state index is 12.7. The van der Waals surface area contributed by atoms with Gasteiger partial charge in [-0.1, -0.05) is 30.2 Å². The SMILES string of the molecule is O=C(NCCNc1ccc([N+](=O)[O-])cc1)C1(c2ccc(Cl)cc2)CCC1. The van der Waals surface area contributed by atoms with E-state index >= 15 is 0 Å². The van der Waals surface area contributed by atoms with Gasteiger partial charge in [0.2, 0.25) is 5.91 Å². The van der Waals surface area contributed by atoms with Crippen LogP contribution in [0.1, 0.15) is 24.8 Å². The van der Waals surface area contributed by atoms with Crippen LogP contribution >= 0.6 is 11.6 Å². The lowest BCUT2D eigenvalue weighted by Crippen LogP contribution is -2.50. The molecule has 1 aliphatic rings. The lowest BCUT2D eigenvalue weighted by Gasteiger charge is -2.40. The lowest BCUT2D eigenvalue weighted by atomic mass is 9.64. The Bertz CT molecular complexity index is 787. The summed E-state index contributed by atoms with van der Waals surface area (Å²) in [5.41, 5.74) is 1.39. The molecule has 0 atom stereocenters. The highest BCUT2D eigenvalue weighted by atomic mass is 35.5. The molecule has 1 aliphatic carbocycles. The van der Waals surface area contributed by atoms with Crippen molar-refractivity contribution in [2.24, 2.45) is 0 Å². The molecule has 1 fully saturated rings. The number of amides is 1. The largest absolute Gasteiger partial charge is 0.383 e. The predicted octanol–water partition coefficient (Wildman–Crippen LogP) is 3.90. The summed E-state index contributed by atoms with van der Waals surface area (Å²) in [6, 6.07) is 13.7. The van der Waals surface area contributed by atoms with Crippen molar-refractivity contribution < 1.29 is 9.72 Å². The molecule has 0 saturated heterocycles. The molecule has 0 spiro atoms. The molecule has 0 unspecified atom stereocenters. The average Bonchev–Trinajstić information content (AvgIpc) is 2.60. The lowest BCUT2D eigenvalue weighted by molar-refractivity contribution is -0.384. The Balaban J connectivity index is 1.51. The number of nitrogens with one attached hydrogen (secondary N) is 2. The minimum absolute atomic E-state index is 0.0385. The van der Waals surface area contributed by atoms with Crippen LogP contribution in [-0.4, -0.2) is 23.9 Å². The van der Waals surface area contributed by atoms with E-state index in [2.05, 4.69) is 10.6 Å². The van der Waals surface area contributed by atoms with Crippen molar-refractivity contribution in [3.63, 3.8) is 0 Å². The summed E-state index contributed by atoms with van der Waals surface area (Å²) in [5.74, 6) is 0.0385. The number of anilines is 1. The fourth-order valence-electron chi connectivity index (χ4n) is 3.20. The number of halogens is 1. The van der Waals surface area contributed by atoms with Gasteiger partial charge in [0.25, 0.3) is 5.69 Å². The number of hydrogen-bond acceptors (Lipinski definition) is 4. The summed E-state index contributed by atoms with van der Waals surface area (Å²) < 4.78 is 0. The third kappa shape index (κ3) is 3.80. The minimum atomic E-state index is -0.446. The summed E-state index contributed by atoms with van der Waals surface area (Å²) in [4.78, 5) is 22.9. The maximum Gasteiger partial charge on any atom is 0.269 e. The Kier molecular flexibility index (Phi) is 5.42. The number of nitro groups is 1. The third-order valence-electron chi connectivity index (χ3n) is 4.86. The standard InChI is InChI=1S/C19H20ClN3O3/c20-15-4-2-14(3-5-15)19(10-1-11-19)18(24)22-13-12-21-16-6-8-17(9-7-16)23(25)26/h2-9,21H,1,10-13H2,(H,22,24). The number of benzene rings is 2. The van der Waals surface area contributed by atoms with E-state index in [4.69, 9.17) is 11.6 Å². The molecule has 2 aromatic carbocycles. The quantitative estimate of drug-likeness (QED) is 0.438. The molecule has 0 aliphatic heterocycles. The number of carbonyl (C=O) groups is 1. The van der Waals surface area contributed by atoms with E-state index in [1.54, 1.807) is 12.1 Å². The molecular formula is C19H20ClN3O3. The molecule has 0 aromatic heterocycles. The molecule has 26 heavy (non-hydrogen) atoms. The Morgan fingerprint density at radius 1 is 1.08 bits per heavy atom. The van der Waals surface area contributed by atoms with Gasteiger partial charge in [-0.25, -0.2) is 0 Å². The van der Waals surface area contributed by atoms with Crippen LogP contribution in [0.15, 0.2) is 48.5 Å². The van der Waals surface area contributed by atoms with Crippen molar-refractivity contribution in [1.29, 1.82) is 0 Å². The highest BCUT2D eigenvalue weighted by Crippen LogP contribution is 2.44. The fraction of sp³-hybridized carbons (Fsp3) is 0.316. The van der Waals surface area contributed by atoms with Crippen molar-refractivity contribution in [3.05, 3.63) is 69.2 Å². The average molecular weight is 374 g/mol. The molecule has 136 valence electrons. The molecule has 1 amide bonds. The molecular weight excluding hydrogens is 354 g/mol. The van der Waals surface area contributed by atoms with Gasteiger partial charge in [0.1, 0.15) is 0 Å². The van der Waals surface area contributed by atoms with Gasteiger partial charge in [0.15, 0.2) is 0 Å². The van der Waals surface area contributed by atoms with Crippen molar-refractivity contribution in [2.45, 2.75) is 24.7 Å². The van der Waals surface area contributed by atoms with Crippen LogP contribution in [0.5, 0.6) is 0 Å². The molecule has 0 heterocycles. The van der Waals surface area contributed by atoms with Gasteiger partial charge >= 0.3 is 0 Å². The van der Waals surface area contributed by atoms with Crippen LogP contribution in [-0.2, 0) is 10.2 Å². The third-order valence-corrected chi connectivity index (χ3v) is 5.11. The normalized spacial score (nSPS) is 15.0. The summed E-state index contributed by atoms with van der Waals surface area (Å²) in [5, 5.41) is 17.4. The van der Waals surface area contributed by atoms with Crippen LogP contribution in [0.4, 0.5) is 11.4 Å². The van der Waals surface area contributed by atoms with E-state index in [0.29, 0.717) is 18.1 Å². The number of nitro benzene ring substituents is 1. The maximum absolute atomic E-state index is 12.7. The highest BCUT2D eigenvalue weighted by Gasteiger charge is 2.45. The van der Waals surface area contributed by atoms with Crippen molar-refractivity contribution in [2.75, 3.05) is 18.4 Å². The second kappa shape index (κ2) is 7.74. The zero-order valence-corrected chi connectivity index (χ0v) is 15.0. The summed E-state index contributed by atoms with van der Waals surface area (Å²) in [6.07, 6.45) is 2.73. The molecule has 2 N–H and O–H groups in total. The minimum Gasteiger partial charge on any atom is -0.383 e. The van der Waals surface area contributed by atoms with Crippen molar-refractivity contribution >= 4 is 28.9 Å². The van der Waals surface area contributed by atoms with Gasteiger partial charge < -0.3 is 10.6 Å². The first-order valence-corrected chi connectivity index (χ1v) is 8.92. The van der Waals surface area contributed by atoms with Crippen LogP contribution in [0, 0.1) is 10.1 Å². The first-order valence-electron chi connectivity index (χ1n) is 8.54. The van der Waals surface area contributed by atoms with E-state index in [1.165, 1.54) is 12.1 Å². The number of nitrogens with zero attached hydrogens (tertiary/aromatic N) is 1. The first kappa shape index (κ1) is 18.2. The van der Waals surface area contributed by atoms with Crippen molar-refractivity contribution in [3.8, 4) is 0 Å². The predicted molar refractivity (Wildman–Crippen MR) is 102 cm³/mol. The molecule has 0 radical (unpaired) electrons. The van der Waals surface area contributed by atoms with Crippen molar-refractivity contribution in [1.82, 2.24) is 5.32 Å². The Hall–Kier alpha value is -2.60. The summed E-state index contributed by atoms with van der Waals surface area (Å²) in [7, 11) is 0. The van der Waals surface area contributed by atoms with Gasteiger partial charge in [0, 0.05) is 35.9 Å². The summed E-state index contributed by atoms with van der Waals surface area (Å²) in [6.45, 7) is 1.02. The molecule has 7 heteroatoms. The number of hydrogen-bond donors (Lipinski definition) is 2. The van der Waals surface area contributed by atoms with Gasteiger partial charge in [-0.2, -0.15) is 0 Å². The molecule has 2 aromatic rings. The molecule has 1 saturated carbocycles. The second-order valence-corrected chi connectivity index (χ2v) is 6.87. The Morgan fingerprint density at radius 3 is 2.27 bits per heavy atom. The highest BCUT2D eigenvalue weighted by molar-refractivity contribution is 6.30. The van der Waals surface area contributed by atoms with Gasteiger partial charge in [0.05, 0.1) is 10.3 Å². The molecule has 6 nitrogen and oxygen atoms in total. The van der Waals surface area contributed by atoms with Crippen LogP contribution < -0.4 is 10.6 Å². The van der Waals surface area contributed by atoms with Crippen LogP contribution in [0.3, 0.4) is 0 Å². The zero-order valence-electron chi connectivity index (χ0n) is 14.2. The van der Waals surface area contributed by atoms with E-state index in [-0.39, 0.29) is 11.6 Å². The van der Waals surface area contributed by atoms with E-state index in [0.717, 1.165) is 30.5 Å². The first-order chi connectivity index (χ1) is 12.5. The molecule has 0 bridgehead atoms. The van der Waals surface area contributed by atoms with Gasteiger partial charge in [-0.3, -0.25) is 14.9 Å². The number of non-ortho nitro benzene ring substituents is 1. The molecule has 3 rings (SSSR count). The zero-order chi connectivity index (χ0) is 18.6. The van der Waals surface area contributed by atoms with Gasteiger partial charge in [-0.15, -0.1) is 0 Å². The van der Waals surface area contributed by atoms with Crippen LogP contribution in [0.25, 0.3) is 0 Å². The van der Waals surface area contributed by atoms with E-state index in [9.17, 15) is 14.9 Å². The topological polar surface area (TPSA) is 84.3 Å². The summed E-state index contributed by atoms with van der Waals surface area (Å²) >= 11 is 5.94. The van der Waals surface area contributed by atoms with E-state index < -0.39 is 10.3 Å². The Labute approximate surface area is 156 Å². The number of rotatable bonds is 7. The number of carbonyl (C=O) groups excluding carboxylic acids is 1. The van der Waals surface area contributed by atoms with Gasteiger partial charge in [-0.05, 0) is 42.7 Å². The Morgan fingerprint density at radius 2 is 1.73 bits per heavy atom. The monoisotopic (exact) mass is 373 g/mol. The fourth-order valence-corrected chi connectivity index (χ4v) is 3.33.